The summed E-state index contributed by atoms with van der Waals surface area (Å²) >= 11 is 0. The summed E-state index contributed by atoms with van der Waals surface area (Å²) in [6, 6.07) is 22.5. The van der Waals surface area contributed by atoms with Crippen molar-refractivity contribution in [3.05, 3.63) is 94.5 Å². The average molecular weight is 628 g/mol. The minimum absolute atomic E-state index is 0.179. The Morgan fingerprint density at radius 1 is 0.913 bits per heavy atom. The number of piperazine rings is 1. The van der Waals surface area contributed by atoms with Gasteiger partial charge in [-0.2, -0.15) is 0 Å². The second-order valence-electron chi connectivity index (χ2n) is 11.8. The molecular weight excluding hydrogens is 574 g/mol. The summed E-state index contributed by atoms with van der Waals surface area (Å²) in [5, 5.41) is 0. The number of ether oxygens (including phenoxy) is 1. The van der Waals surface area contributed by atoms with Gasteiger partial charge in [0.25, 0.3) is 11.8 Å². The van der Waals surface area contributed by atoms with Gasteiger partial charge in [0.05, 0.1) is 29.8 Å². The summed E-state index contributed by atoms with van der Waals surface area (Å²) in [4.78, 5) is 37.0. The topological polar surface area (TPSA) is 91.5 Å². The first kappa shape index (κ1) is 36.3. The van der Waals surface area contributed by atoms with Crippen LogP contribution in [-0.2, 0) is 0 Å². The maximum absolute atomic E-state index is 13.4. The van der Waals surface area contributed by atoms with Gasteiger partial charge in [0, 0.05) is 44.8 Å². The molecule has 0 aromatic heterocycles. The van der Waals surface area contributed by atoms with E-state index in [1.54, 1.807) is 20.1 Å². The Labute approximate surface area is 276 Å². The van der Waals surface area contributed by atoms with Crippen LogP contribution in [0.25, 0.3) is 0 Å². The predicted octanol–water partition coefficient (Wildman–Crippen LogP) is 7.05. The molecule has 0 bridgehead atoms. The van der Waals surface area contributed by atoms with Gasteiger partial charge >= 0.3 is 0 Å². The molecule has 0 radical (unpaired) electrons. The number of nitrogens with zero attached hydrogens (tertiary/aromatic N) is 4. The maximum atomic E-state index is 13.4. The van der Waals surface area contributed by atoms with Crippen molar-refractivity contribution in [1.29, 1.82) is 0 Å². The van der Waals surface area contributed by atoms with Crippen LogP contribution in [0.1, 0.15) is 90.9 Å². The molecule has 2 N–H and O–H groups in total. The largest absolute Gasteiger partial charge is 0.496 e. The van der Waals surface area contributed by atoms with E-state index in [2.05, 4.69) is 65.0 Å². The smallest absolute Gasteiger partial charge is 0.263 e. The zero-order chi connectivity index (χ0) is 33.8. The van der Waals surface area contributed by atoms with E-state index < -0.39 is 0 Å². The number of rotatable bonds is 9. The molecule has 2 atom stereocenters. The Hall–Kier alpha value is -4.17. The van der Waals surface area contributed by atoms with Crippen molar-refractivity contribution in [3.8, 4) is 5.75 Å². The molecule has 46 heavy (non-hydrogen) atoms. The molecule has 0 saturated carbocycles. The Kier molecular flexibility index (Phi) is 13.8. The van der Waals surface area contributed by atoms with Gasteiger partial charge < -0.3 is 15.4 Å². The van der Waals surface area contributed by atoms with E-state index in [1.807, 2.05) is 52.0 Å². The highest BCUT2D eigenvalue weighted by Gasteiger charge is 2.41. The molecule has 1 fully saturated rings. The lowest BCUT2D eigenvalue weighted by molar-refractivity contribution is 0.0589. The number of amidine groups is 1. The molecule has 0 spiro atoms. The molecule has 1 saturated heterocycles. The van der Waals surface area contributed by atoms with Gasteiger partial charge in [0.15, 0.2) is 0 Å². The zero-order valence-electron chi connectivity index (χ0n) is 29.0. The van der Waals surface area contributed by atoms with Crippen molar-refractivity contribution in [2.45, 2.75) is 73.4 Å². The minimum Gasteiger partial charge on any atom is -0.496 e. The molecule has 3 aromatic carbocycles. The molecule has 8 nitrogen and oxygen atoms in total. The summed E-state index contributed by atoms with van der Waals surface area (Å²) in [5.74, 6) is 1.15. The van der Waals surface area contributed by atoms with Crippen molar-refractivity contribution in [2.24, 2.45) is 10.7 Å². The third-order valence-electron chi connectivity index (χ3n) is 8.55. The van der Waals surface area contributed by atoms with Crippen LogP contribution in [0, 0.1) is 13.8 Å². The highest BCUT2D eigenvalue weighted by atomic mass is 16.5. The number of hydrogen-bond acceptors (Lipinski definition) is 6. The fourth-order valence-electron chi connectivity index (χ4n) is 5.94. The number of carbonyl (C=O) groups excluding carboxylic acids is 2. The molecule has 2 aliphatic rings. The standard InChI is InChI=1S/C27H35N5O2.C9H12O.C2H6/c1-19(9-8-14-29-21(3)28)32-26(33)23-12-7-13-24(25(23)27(32)34)31-17-15-30(16-18-31)20(2)22-10-5-4-6-11-22;1-7-4-5-8(2)9(6-7)10-3;1-2/h4-7,10-13,19-20H,8-9,14-18H2,1-3H3,(H2,28,29);4-6H,1-3H3;1-2H3/t19-,20+;;/m0../s1. The fraction of sp³-hybridized carbons (Fsp3) is 0.447. The molecule has 0 unspecified atom stereocenters. The van der Waals surface area contributed by atoms with Crippen LogP contribution in [0.3, 0.4) is 0 Å². The van der Waals surface area contributed by atoms with Crippen molar-refractivity contribution in [2.75, 3.05) is 44.7 Å². The first-order valence-corrected chi connectivity index (χ1v) is 16.5. The van der Waals surface area contributed by atoms with E-state index in [4.69, 9.17) is 10.5 Å². The highest BCUT2D eigenvalue weighted by molar-refractivity contribution is 6.24. The van der Waals surface area contributed by atoms with E-state index in [-0.39, 0.29) is 17.9 Å². The molecular formula is C38H53N5O3. The normalized spacial score (nSPS) is 16.1. The van der Waals surface area contributed by atoms with Gasteiger partial charge in [-0.15, -0.1) is 0 Å². The Bertz CT molecular complexity index is 1460. The second-order valence-corrected chi connectivity index (χ2v) is 11.8. The average Bonchev–Trinajstić information content (AvgIpc) is 3.34. The molecule has 0 aliphatic carbocycles. The number of carbonyl (C=O) groups is 2. The molecule has 5 rings (SSSR count). The number of methoxy groups -OCH3 is 1. The third kappa shape index (κ3) is 8.97. The van der Waals surface area contributed by atoms with E-state index in [9.17, 15) is 9.59 Å². The van der Waals surface area contributed by atoms with Gasteiger partial charge in [-0.25, -0.2) is 0 Å². The number of nitrogens with two attached hydrogens (primary N) is 1. The maximum Gasteiger partial charge on any atom is 0.263 e. The van der Waals surface area contributed by atoms with Crippen LogP contribution in [-0.4, -0.2) is 73.3 Å². The fourth-order valence-corrected chi connectivity index (χ4v) is 5.94. The van der Waals surface area contributed by atoms with Crippen molar-refractivity contribution in [3.63, 3.8) is 0 Å². The second kappa shape index (κ2) is 17.5. The van der Waals surface area contributed by atoms with Gasteiger partial charge in [-0.05, 0) is 82.3 Å². The van der Waals surface area contributed by atoms with Crippen molar-refractivity contribution in [1.82, 2.24) is 9.80 Å². The summed E-state index contributed by atoms with van der Waals surface area (Å²) < 4.78 is 5.13. The predicted molar refractivity (Wildman–Crippen MR) is 190 cm³/mol. The SMILES string of the molecule is CC.CC(N)=NCCC[C@H](C)N1C(=O)c2cccc(N3CCN([C@H](C)c4ccccc4)CC3)c2C1=O.COc1cc(C)ccc1C. The Morgan fingerprint density at radius 3 is 2.20 bits per heavy atom. The van der Waals surface area contributed by atoms with Gasteiger partial charge in [0.1, 0.15) is 5.75 Å². The highest BCUT2D eigenvalue weighted by Crippen LogP contribution is 2.34. The Balaban J connectivity index is 0.000000406. The van der Waals surface area contributed by atoms with Crippen LogP contribution in [0.15, 0.2) is 71.7 Å². The van der Waals surface area contributed by atoms with Crippen LogP contribution in [0.2, 0.25) is 0 Å². The first-order chi connectivity index (χ1) is 22.1. The summed E-state index contributed by atoms with van der Waals surface area (Å²) in [7, 11) is 1.70. The minimum atomic E-state index is -0.191. The molecule has 2 heterocycles. The van der Waals surface area contributed by atoms with Crippen LogP contribution in [0.5, 0.6) is 5.75 Å². The number of imide groups is 1. The van der Waals surface area contributed by atoms with Gasteiger partial charge in [-0.1, -0.05) is 62.4 Å². The molecule has 2 aliphatic heterocycles. The Morgan fingerprint density at radius 2 is 1.59 bits per heavy atom. The molecule has 248 valence electrons. The van der Waals surface area contributed by atoms with Gasteiger partial charge in [0.2, 0.25) is 0 Å². The molecule has 2 amide bonds. The first-order valence-electron chi connectivity index (χ1n) is 16.5. The van der Waals surface area contributed by atoms with Crippen molar-refractivity contribution >= 4 is 23.3 Å². The lowest BCUT2D eigenvalue weighted by atomic mass is 10.0. The third-order valence-corrected chi connectivity index (χ3v) is 8.55. The summed E-state index contributed by atoms with van der Waals surface area (Å²) in [5.41, 5.74) is 11.3. The molecule has 8 heteroatoms. The zero-order valence-corrected chi connectivity index (χ0v) is 29.0. The lowest BCUT2D eigenvalue weighted by Gasteiger charge is -2.39. The number of aryl methyl sites for hydroxylation is 2. The number of amides is 2. The monoisotopic (exact) mass is 627 g/mol. The number of benzene rings is 3. The number of anilines is 1. The summed E-state index contributed by atoms with van der Waals surface area (Å²) in [6.07, 6.45) is 1.48. The number of hydrogen-bond donors (Lipinski definition) is 1. The van der Waals surface area contributed by atoms with E-state index >= 15 is 0 Å². The molecule has 3 aromatic rings. The lowest BCUT2D eigenvalue weighted by Crippen LogP contribution is -2.47. The van der Waals surface area contributed by atoms with Crippen LogP contribution in [0.4, 0.5) is 5.69 Å². The number of fused-ring (bicyclic) bond motifs is 1. The van der Waals surface area contributed by atoms with Crippen LogP contribution >= 0.6 is 0 Å². The van der Waals surface area contributed by atoms with E-state index in [0.717, 1.165) is 44.0 Å². The van der Waals surface area contributed by atoms with E-state index in [0.29, 0.717) is 36.0 Å². The van der Waals surface area contributed by atoms with Crippen LogP contribution < -0.4 is 15.4 Å². The number of aliphatic imine (C=N–C) groups is 1. The van der Waals surface area contributed by atoms with E-state index in [1.165, 1.54) is 21.6 Å². The quantitative estimate of drug-likeness (QED) is 0.118. The van der Waals surface area contributed by atoms with Crippen molar-refractivity contribution < 1.29 is 14.3 Å². The van der Waals surface area contributed by atoms with Gasteiger partial charge in [-0.3, -0.25) is 24.4 Å². The summed E-state index contributed by atoms with van der Waals surface area (Å²) in [6.45, 7) is 18.1.